The summed E-state index contributed by atoms with van der Waals surface area (Å²) >= 11 is 1.67. The van der Waals surface area contributed by atoms with Crippen molar-refractivity contribution >= 4 is 17.6 Å². The highest BCUT2D eigenvalue weighted by Gasteiger charge is 2.17. The van der Waals surface area contributed by atoms with Crippen molar-refractivity contribution in [2.75, 3.05) is 0 Å². The zero-order chi connectivity index (χ0) is 12.6. The lowest BCUT2D eigenvalue weighted by molar-refractivity contribution is 0.112. The normalized spacial score (nSPS) is 12.7. The number of thiazole rings is 1. The fourth-order valence-corrected chi connectivity index (χ4v) is 3.04. The lowest BCUT2D eigenvalue weighted by atomic mass is 10.2. The highest BCUT2D eigenvalue weighted by molar-refractivity contribution is 7.09. The molecular formula is C13H16N2OS. The number of hydrogen-bond donors (Lipinski definition) is 0. The Morgan fingerprint density at radius 2 is 2.12 bits per heavy atom. The molecule has 17 heavy (non-hydrogen) atoms. The maximum atomic E-state index is 10.9. The summed E-state index contributed by atoms with van der Waals surface area (Å²) < 4.78 is 2.17. The lowest BCUT2D eigenvalue weighted by Gasteiger charge is -2.16. The number of aryl methyl sites for hydroxylation is 2. The van der Waals surface area contributed by atoms with Crippen LogP contribution in [-0.4, -0.2) is 15.8 Å². The van der Waals surface area contributed by atoms with Gasteiger partial charge >= 0.3 is 0 Å². The molecule has 4 heteroatoms. The van der Waals surface area contributed by atoms with Crippen molar-refractivity contribution in [3.63, 3.8) is 0 Å². The van der Waals surface area contributed by atoms with Gasteiger partial charge in [-0.3, -0.25) is 4.79 Å². The van der Waals surface area contributed by atoms with Gasteiger partial charge < -0.3 is 4.57 Å². The average molecular weight is 248 g/mol. The molecule has 1 unspecified atom stereocenters. The van der Waals surface area contributed by atoms with Gasteiger partial charge in [0.1, 0.15) is 5.01 Å². The fraction of sp³-hybridized carbons (Fsp3) is 0.385. The Hall–Kier alpha value is -1.42. The van der Waals surface area contributed by atoms with Gasteiger partial charge in [-0.2, -0.15) is 0 Å². The van der Waals surface area contributed by atoms with E-state index in [9.17, 15) is 4.79 Å². The molecule has 90 valence electrons. The average Bonchev–Trinajstić information content (AvgIpc) is 2.83. The van der Waals surface area contributed by atoms with Crippen LogP contribution in [0.4, 0.5) is 0 Å². The molecule has 0 aliphatic rings. The van der Waals surface area contributed by atoms with Crippen LogP contribution in [0, 0.1) is 20.8 Å². The van der Waals surface area contributed by atoms with Crippen LogP contribution in [0.1, 0.15) is 45.4 Å². The van der Waals surface area contributed by atoms with Crippen LogP contribution in [0.25, 0.3) is 0 Å². The molecule has 0 amide bonds. The van der Waals surface area contributed by atoms with E-state index in [0.29, 0.717) is 0 Å². The minimum Gasteiger partial charge on any atom is -0.339 e. The molecule has 0 N–H and O–H groups in total. The van der Waals surface area contributed by atoms with Crippen LogP contribution < -0.4 is 0 Å². The summed E-state index contributed by atoms with van der Waals surface area (Å²) in [7, 11) is 0. The number of rotatable bonds is 3. The summed E-state index contributed by atoms with van der Waals surface area (Å²) in [4.78, 5) is 15.4. The zero-order valence-corrected chi connectivity index (χ0v) is 11.3. The summed E-state index contributed by atoms with van der Waals surface area (Å²) in [5.41, 5.74) is 3.93. The second-order valence-corrected chi connectivity index (χ2v) is 5.21. The van der Waals surface area contributed by atoms with Gasteiger partial charge in [-0.25, -0.2) is 4.98 Å². The maximum absolute atomic E-state index is 10.9. The van der Waals surface area contributed by atoms with Gasteiger partial charge in [0.05, 0.1) is 6.04 Å². The molecule has 2 aromatic rings. The molecule has 0 spiro atoms. The molecule has 0 aliphatic heterocycles. The molecule has 0 aliphatic carbocycles. The second kappa shape index (κ2) is 4.45. The standard InChI is InChI=1S/C13H16N2OS/c1-8-7-17-13(14-8)11(4)15-9(2)5-12(6-16)10(15)3/h5-7,11H,1-4H3. The Balaban J connectivity index is 2.46. The van der Waals surface area contributed by atoms with Crippen molar-refractivity contribution in [3.05, 3.63) is 39.1 Å². The van der Waals surface area contributed by atoms with Gasteiger partial charge in [0.2, 0.25) is 0 Å². The van der Waals surface area contributed by atoms with Crippen molar-refractivity contribution < 1.29 is 4.79 Å². The van der Waals surface area contributed by atoms with E-state index in [1.165, 1.54) is 0 Å². The summed E-state index contributed by atoms with van der Waals surface area (Å²) in [5.74, 6) is 0. The van der Waals surface area contributed by atoms with E-state index in [1.807, 2.05) is 26.8 Å². The number of aldehydes is 1. The summed E-state index contributed by atoms with van der Waals surface area (Å²) in [6.07, 6.45) is 0.915. The van der Waals surface area contributed by atoms with Gasteiger partial charge in [-0.1, -0.05) is 0 Å². The van der Waals surface area contributed by atoms with Crippen LogP contribution in [-0.2, 0) is 0 Å². The Bertz CT molecular complexity index is 554. The Kier molecular flexibility index (Phi) is 3.15. The van der Waals surface area contributed by atoms with Crippen molar-refractivity contribution in [1.82, 2.24) is 9.55 Å². The van der Waals surface area contributed by atoms with Crippen molar-refractivity contribution in [2.45, 2.75) is 33.7 Å². The SMILES string of the molecule is Cc1csc(C(C)n2c(C)cc(C=O)c2C)n1. The van der Waals surface area contributed by atoms with Crippen molar-refractivity contribution in [3.8, 4) is 0 Å². The Labute approximate surface area is 105 Å². The van der Waals surface area contributed by atoms with Crippen LogP contribution >= 0.6 is 11.3 Å². The maximum Gasteiger partial charge on any atom is 0.151 e. The third kappa shape index (κ3) is 2.05. The largest absolute Gasteiger partial charge is 0.339 e. The molecule has 0 radical (unpaired) electrons. The van der Waals surface area contributed by atoms with E-state index < -0.39 is 0 Å². The van der Waals surface area contributed by atoms with Crippen LogP contribution in [0.5, 0.6) is 0 Å². The van der Waals surface area contributed by atoms with Crippen LogP contribution in [0.2, 0.25) is 0 Å². The van der Waals surface area contributed by atoms with Gasteiger partial charge in [0.25, 0.3) is 0 Å². The molecule has 1 atom stereocenters. The number of carbonyl (C=O) groups excluding carboxylic acids is 1. The van der Waals surface area contributed by atoms with Gasteiger partial charge in [0.15, 0.2) is 6.29 Å². The van der Waals surface area contributed by atoms with Gasteiger partial charge in [-0.05, 0) is 33.8 Å². The van der Waals surface area contributed by atoms with E-state index in [-0.39, 0.29) is 6.04 Å². The third-order valence-corrected chi connectivity index (χ3v) is 4.16. The second-order valence-electron chi connectivity index (χ2n) is 4.32. The van der Waals surface area contributed by atoms with Crippen molar-refractivity contribution in [1.29, 1.82) is 0 Å². The minimum atomic E-state index is 0.183. The predicted octanol–water partition coefficient (Wildman–Crippen LogP) is 3.29. The first-order valence-electron chi connectivity index (χ1n) is 5.60. The molecule has 0 bridgehead atoms. The van der Waals surface area contributed by atoms with E-state index in [2.05, 4.69) is 21.9 Å². The van der Waals surface area contributed by atoms with Crippen LogP contribution in [0.15, 0.2) is 11.4 Å². The Morgan fingerprint density at radius 3 is 2.59 bits per heavy atom. The summed E-state index contributed by atoms with van der Waals surface area (Å²) in [6.45, 7) is 8.12. The lowest BCUT2D eigenvalue weighted by Crippen LogP contribution is -2.10. The molecule has 0 saturated carbocycles. The monoisotopic (exact) mass is 248 g/mol. The highest BCUT2D eigenvalue weighted by atomic mass is 32.1. The molecule has 2 heterocycles. The molecule has 0 fully saturated rings. The number of aromatic nitrogens is 2. The first kappa shape index (κ1) is 12.0. The van der Waals surface area contributed by atoms with Gasteiger partial charge in [-0.15, -0.1) is 11.3 Å². The van der Waals surface area contributed by atoms with E-state index in [4.69, 9.17) is 0 Å². The quantitative estimate of drug-likeness (QED) is 0.781. The molecule has 0 aromatic carbocycles. The molecule has 0 saturated heterocycles. The number of nitrogens with zero attached hydrogens (tertiary/aromatic N) is 2. The molecular weight excluding hydrogens is 232 g/mol. The van der Waals surface area contributed by atoms with E-state index in [1.54, 1.807) is 11.3 Å². The van der Waals surface area contributed by atoms with E-state index >= 15 is 0 Å². The fourth-order valence-electron chi connectivity index (χ4n) is 2.19. The number of hydrogen-bond acceptors (Lipinski definition) is 3. The topological polar surface area (TPSA) is 34.9 Å². The van der Waals surface area contributed by atoms with Crippen LogP contribution in [0.3, 0.4) is 0 Å². The minimum absolute atomic E-state index is 0.183. The number of carbonyl (C=O) groups is 1. The van der Waals surface area contributed by atoms with E-state index in [0.717, 1.165) is 33.9 Å². The zero-order valence-electron chi connectivity index (χ0n) is 10.5. The van der Waals surface area contributed by atoms with Crippen molar-refractivity contribution in [2.24, 2.45) is 0 Å². The molecule has 2 rings (SSSR count). The highest BCUT2D eigenvalue weighted by Crippen LogP contribution is 2.26. The summed E-state index contributed by atoms with van der Waals surface area (Å²) in [5, 5.41) is 3.14. The Morgan fingerprint density at radius 1 is 1.41 bits per heavy atom. The first-order valence-corrected chi connectivity index (χ1v) is 6.48. The first-order chi connectivity index (χ1) is 8.04. The molecule has 3 nitrogen and oxygen atoms in total. The smallest absolute Gasteiger partial charge is 0.151 e. The predicted molar refractivity (Wildman–Crippen MR) is 70.0 cm³/mol. The molecule has 2 aromatic heterocycles. The third-order valence-electron chi connectivity index (χ3n) is 3.03. The summed E-state index contributed by atoms with van der Waals surface area (Å²) in [6, 6.07) is 2.11. The van der Waals surface area contributed by atoms with Gasteiger partial charge in [0, 0.05) is 28.0 Å².